The largest absolute Gasteiger partial charge is 0.369 e. The molecular formula is C22H26N2. The van der Waals surface area contributed by atoms with E-state index in [1.54, 1.807) is 0 Å². The molecule has 2 aromatic carbocycles. The zero-order valence-electron chi connectivity index (χ0n) is 14.5. The predicted molar refractivity (Wildman–Crippen MR) is 100 cm³/mol. The number of hydrogen-bond donors (Lipinski definition) is 0. The normalized spacial score (nSPS) is 20.9. The minimum Gasteiger partial charge on any atom is -0.369 e. The summed E-state index contributed by atoms with van der Waals surface area (Å²) in [7, 11) is 0. The predicted octanol–water partition coefficient (Wildman–Crippen LogP) is 4.45. The molecule has 0 bridgehead atoms. The van der Waals surface area contributed by atoms with Crippen LogP contribution in [-0.2, 0) is 13.1 Å². The number of aryl methyl sites for hydroxylation is 1. The van der Waals surface area contributed by atoms with Gasteiger partial charge in [-0.1, -0.05) is 54.1 Å². The number of rotatable bonds is 3. The van der Waals surface area contributed by atoms with Gasteiger partial charge in [0.05, 0.1) is 0 Å². The average molecular weight is 318 g/mol. The molecule has 2 heteroatoms. The molecule has 2 heterocycles. The standard InChI is InChI=1S/C22H26N2/c1-18-8-10-19(11-9-18)15-23-13-4-7-22(17-23)24-14-12-20-5-2-3-6-21(20)16-24/h2-3,5-6,8-12,14,22H,4,7,13,15-17H2,1H3. The van der Waals surface area contributed by atoms with Gasteiger partial charge in [-0.2, -0.15) is 0 Å². The summed E-state index contributed by atoms with van der Waals surface area (Å²) in [6.45, 7) is 6.67. The molecule has 1 unspecified atom stereocenters. The van der Waals surface area contributed by atoms with Gasteiger partial charge in [-0.05, 0) is 49.1 Å². The molecule has 1 saturated heterocycles. The Kier molecular flexibility index (Phi) is 4.40. The molecule has 0 saturated carbocycles. The van der Waals surface area contributed by atoms with Crippen LogP contribution in [0.3, 0.4) is 0 Å². The van der Waals surface area contributed by atoms with Crippen LogP contribution in [0.1, 0.15) is 35.1 Å². The van der Waals surface area contributed by atoms with Crippen LogP contribution < -0.4 is 0 Å². The summed E-state index contributed by atoms with van der Waals surface area (Å²) in [4.78, 5) is 5.16. The van der Waals surface area contributed by atoms with Crippen LogP contribution in [-0.4, -0.2) is 28.9 Å². The molecule has 2 aromatic rings. The fourth-order valence-corrected chi connectivity index (χ4v) is 3.91. The van der Waals surface area contributed by atoms with Gasteiger partial charge in [-0.3, -0.25) is 4.90 Å². The van der Waals surface area contributed by atoms with Crippen molar-refractivity contribution >= 4 is 6.08 Å². The number of hydrogen-bond acceptors (Lipinski definition) is 2. The van der Waals surface area contributed by atoms with Crippen molar-refractivity contribution < 1.29 is 0 Å². The molecule has 24 heavy (non-hydrogen) atoms. The molecule has 2 aliphatic heterocycles. The topological polar surface area (TPSA) is 6.48 Å². The maximum Gasteiger partial charge on any atom is 0.0433 e. The Bertz CT molecular complexity index is 717. The summed E-state index contributed by atoms with van der Waals surface area (Å²) in [5.74, 6) is 0. The Balaban J connectivity index is 1.41. The zero-order valence-corrected chi connectivity index (χ0v) is 14.5. The summed E-state index contributed by atoms with van der Waals surface area (Å²) < 4.78 is 0. The van der Waals surface area contributed by atoms with Crippen molar-refractivity contribution in [1.29, 1.82) is 0 Å². The molecular weight excluding hydrogens is 292 g/mol. The van der Waals surface area contributed by atoms with Crippen LogP contribution in [0, 0.1) is 6.92 Å². The summed E-state index contributed by atoms with van der Waals surface area (Å²) in [6.07, 6.45) is 7.18. The van der Waals surface area contributed by atoms with Crippen molar-refractivity contribution in [3.8, 4) is 0 Å². The average Bonchev–Trinajstić information content (AvgIpc) is 2.63. The molecule has 0 aromatic heterocycles. The number of nitrogens with zero attached hydrogens (tertiary/aromatic N) is 2. The van der Waals surface area contributed by atoms with Crippen LogP contribution in [0.15, 0.2) is 54.7 Å². The maximum absolute atomic E-state index is 2.62. The molecule has 2 nitrogen and oxygen atoms in total. The lowest BCUT2D eigenvalue weighted by atomic mass is 9.99. The minimum absolute atomic E-state index is 0.633. The lowest BCUT2D eigenvalue weighted by molar-refractivity contribution is 0.120. The summed E-state index contributed by atoms with van der Waals surface area (Å²) in [5, 5.41) is 0. The van der Waals surface area contributed by atoms with E-state index in [1.807, 2.05) is 0 Å². The molecule has 0 spiro atoms. The van der Waals surface area contributed by atoms with Crippen LogP contribution in [0.2, 0.25) is 0 Å². The molecule has 0 N–H and O–H groups in total. The van der Waals surface area contributed by atoms with Gasteiger partial charge in [-0.15, -0.1) is 0 Å². The van der Waals surface area contributed by atoms with Gasteiger partial charge >= 0.3 is 0 Å². The number of likely N-dealkylation sites (tertiary alicyclic amines) is 1. The Morgan fingerprint density at radius 3 is 2.75 bits per heavy atom. The molecule has 0 aliphatic carbocycles. The van der Waals surface area contributed by atoms with Crippen molar-refractivity contribution in [3.05, 3.63) is 77.0 Å². The highest BCUT2D eigenvalue weighted by atomic mass is 15.2. The highest BCUT2D eigenvalue weighted by molar-refractivity contribution is 5.55. The zero-order chi connectivity index (χ0) is 16.4. The maximum atomic E-state index is 2.62. The van der Waals surface area contributed by atoms with Gasteiger partial charge in [0.1, 0.15) is 0 Å². The molecule has 2 aliphatic rings. The first-order chi connectivity index (χ1) is 11.8. The number of piperidine rings is 1. The Morgan fingerprint density at radius 1 is 1.04 bits per heavy atom. The second-order valence-corrected chi connectivity index (χ2v) is 7.20. The van der Waals surface area contributed by atoms with E-state index in [-0.39, 0.29) is 0 Å². The van der Waals surface area contributed by atoms with Gasteiger partial charge < -0.3 is 4.90 Å². The molecule has 124 valence electrons. The molecule has 4 rings (SSSR count). The van der Waals surface area contributed by atoms with Gasteiger partial charge in [0.15, 0.2) is 0 Å². The molecule has 1 fully saturated rings. The first kappa shape index (κ1) is 15.5. The third-order valence-corrected chi connectivity index (χ3v) is 5.33. The van der Waals surface area contributed by atoms with Crippen LogP contribution in [0.5, 0.6) is 0 Å². The van der Waals surface area contributed by atoms with Gasteiger partial charge in [-0.25, -0.2) is 0 Å². The van der Waals surface area contributed by atoms with E-state index in [1.165, 1.54) is 48.2 Å². The molecule has 1 atom stereocenters. The van der Waals surface area contributed by atoms with E-state index in [2.05, 4.69) is 77.5 Å². The summed E-state index contributed by atoms with van der Waals surface area (Å²) >= 11 is 0. The Hall–Kier alpha value is -2.06. The second kappa shape index (κ2) is 6.82. The SMILES string of the molecule is Cc1ccc(CN2CCCC(N3C=Cc4ccccc4C3)C2)cc1. The van der Waals surface area contributed by atoms with E-state index in [9.17, 15) is 0 Å². The van der Waals surface area contributed by atoms with Gasteiger partial charge in [0.25, 0.3) is 0 Å². The fraction of sp³-hybridized carbons (Fsp3) is 0.364. The smallest absolute Gasteiger partial charge is 0.0433 e. The Morgan fingerprint density at radius 2 is 1.88 bits per heavy atom. The van der Waals surface area contributed by atoms with Crippen molar-refractivity contribution in [2.45, 2.75) is 38.9 Å². The number of benzene rings is 2. The summed E-state index contributed by atoms with van der Waals surface area (Å²) in [5.41, 5.74) is 5.60. The van der Waals surface area contributed by atoms with E-state index >= 15 is 0 Å². The minimum atomic E-state index is 0.633. The van der Waals surface area contributed by atoms with Crippen LogP contribution in [0.4, 0.5) is 0 Å². The van der Waals surface area contributed by atoms with Gasteiger partial charge in [0, 0.05) is 31.9 Å². The van der Waals surface area contributed by atoms with E-state index in [4.69, 9.17) is 0 Å². The summed E-state index contributed by atoms with van der Waals surface area (Å²) in [6, 6.07) is 18.4. The monoisotopic (exact) mass is 318 g/mol. The highest BCUT2D eigenvalue weighted by Crippen LogP contribution is 2.25. The highest BCUT2D eigenvalue weighted by Gasteiger charge is 2.25. The van der Waals surface area contributed by atoms with Crippen molar-refractivity contribution in [2.75, 3.05) is 13.1 Å². The van der Waals surface area contributed by atoms with Gasteiger partial charge in [0.2, 0.25) is 0 Å². The lowest BCUT2D eigenvalue weighted by Crippen LogP contribution is -2.45. The molecule has 0 radical (unpaired) electrons. The first-order valence-corrected chi connectivity index (χ1v) is 9.08. The van der Waals surface area contributed by atoms with Crippen LogP contribution >= 0.6 is 0 Å². The molecule has 0 amide bonds. The quantitative estimate of drug-likeness (QED) is 0.825. The number of fused-ring (bicyclic) bond motifs is 1. The van der Waals surface area contributed by atoms with E-state index in [0.717, 1.165) is 13.1 Å². The Labute approximate surface area is 145 Å². The van der Waals surface area contributed by atoms with E-state index < -0.39 is 0 Å². The van der Waals surface area contributed by atoms with E-state index in [0.29, 0.717) is 6.04 Å². The lowest BCUT2D eigenvalue weighted by Gasteiger charge is -2.40. The van der Waals surface area contributed by atoms with Crippen molar-refractivity contribution in [3.63, 3.8) is 0 Å². The third kappa shape index (κ3) is 3.39. The fourth-order valence-electron chi connectivity index (χ4n) is 3.91. The van der Waals surface area contributed by atoms with Crippen molar-refractivity contribution in [1.82, 2.24) is 9.80 Å². The second-order valence-electron chi connectivity index (χ2n) is 7.20. The third-order valence-electron chi connectivity index (χ3n) is 5.33. The van der Waals surface area contributed by atoms with Crippen LogP contribution in [0.25, 0.3) is 6.08 Å². The first-order valence-electron chi connectivity index (χ1n) is 9.08. The van der Waals surface area contributed by atoms with Crippen molar-refractivity contribution in [2.24, 2.45) is 0 Å².